The van der Waals surface area contributed by atoms with E-state index in [2.05, 4.69) is 15.5 Å². The van der Waals surface area contributed by atoms with E-state index in [0.717, 1.165) is 18.4 Å². The van der Waals surface area contributed by atoms with Crippen molar-refractivity contribution >= 4 is 23.1 Å². The second-order valence-electron chi connectivity index (χ2n) is 8.38. The highest BCUT2D eigenvalue weighted by Crippen LogP contribution is 2.34. The lowest BCUT2D eigenvalue weighted by Gasteiger charge is -2.15. The lowest BCUT2D eigenvalue weighted by atomic mass is 10.1. The molecule has 4 rings (SSSR count). The Morgan fingerprint density at radius 2 is 2.06 bits per heavy atom. The number of carbonyl (C=O) groups excluding carboxylic acids is 1. The molecule has 180 valence electrons. The van der Waals surface area contributed by atoms with Crippen LogP contribution >= 0.6 is 0 Å². The van der Waals surface area contributed by atoms with Crippen molar-refractivity contribution in [2.45, 2.75) is 39.0 Å². The molecule has 1 aromatic carbocycles. The van der Waals surface area contributed by atoms with Crippen molar-refractivity contribution < 1.29 is 27.9 Å². The topological polar surface area (TPSA) is 100 Å². The van der Waals surface area contributed by atoms with E-state index in [9.17, 15) is 23.2 Å². The second kappa shape index (κ2) is 9.24. The van der Waals surface area contributed by atoms with Gasteiger partial charge in [-0.25, -0.2) is 9.78 Å². The van der Waals surface area contributed by atoms with Gasteiger partial charge in [0.1, 0.15) is 17.9 Å². The molecule has 0 atom stereocenters. The van der Waals surface area contributed by atoms with Gasteiger partial charge in [-0.2, -0.15) is 13.2 Å². The lowest BCUT2D eigenvalue weighted by molar-refractivity contribution is -0.122. The van der Waals surface area contributed by atoms with Crippen LogP contribution in [0.3, 0.4) is 0 Å². The van der Waals surface area contributed by atoms with E-state index in [-0.39, 0.29) is 17.7 Å². The number of benzene rings is 1. The number of imidazole rings is 1. The summed E-state index contributed by atoms with van der Waals surface area (Å²) in [6.07, 6.45) is 0.748. The fourth-order valence-electron chi connectivity index (χ4n) is 3.60. The summed E-state index contributed by atoms with van der Waals surface area (Å²) in [5.74, 6) is 0.692. The van der Waals surface area contributed by atoms with E-state index < -0.39 is 18.8 Å². The molecule has 34 heavy (non-hydrogen) atoms. The van der Waals surface area contributed by atoms with Gasteiger partial charge in [-0.3, -0.25) is 4.40 Å². The summed E-state index contributed by atoms with van der Waals surface area (Å²) in [5.41, 5.74) is 3.64. The van der Waals surface area contributed by atoms with Crippen molar-refractivity contribution in [2.24, 2.45) is 11.1 Å². The average Bonchev–Trinajstić information content (AvgIpc) is 3.49. The van der Waals surface area contributed by atoms with Crippen LogP contribution in [0.15, 0.2) is 47.9 Å². The summed E-state index contributed by atoms with van der Waals surface area (Å²) in [5, 5.41) is 17.0. The molecule has 0 saturated heterocycles. The third-order valence-corrected chi connectivity index (χ3v) is 5.16. The van der Waals surface area contributed by atoms with Gasteiger partial charge in [0.15, 0.2) is 0 Å². The van der Waals surface area contributed by atoms with Crippen molar-refractivity contribution in [2.75, 3.05) is 11.9 Å². The number of amides is 2. The van der Waals surface area contributed by atoms with Gasteiger partial charge < -0.3 is 20.6 Å². The Balaban J connectivity index is 1.65. The van der Waals surface area contributed by atoms with E-state index in [1.54, 1.807) is 29.8 Å². The molecular formula is C23H24F3N5O3. The van der Waals surface area contributed by atoms with Gasteiger partial charge in [-0.15, -0.1) is 0 Å². The number of halogens is 3. The summed E-state index contributed by atoms with van der Waals surface area (Å²) >= 11 is 0. The number of alkyl halides is 3. The molecule has 1 fully saturated rings. The van der Waals surface area contributed by atoms with Crippen molar-refractivity contribution in [3.8, 4) is 17.0 Å². The van der Waals surface area contributed by atoms with Crippen LogP contribution < -0.4 is 15.4 Å². The minimum Gasteiger partial charge on any atom is -0.491 e. The normalized spacial score (nSPS) is 14.5. The van der Waals surface area contributed by atoms with Crippen LogP contribution in [0.1, 0.15) is 32.3 Å². The highest BCUT2D eigenvalue weighted by molar-refractivity contribution is 6.03. The second-order valence-corrected chi connectivity index (χ2v) is 8.38. The maximum Gasteiger partial charge on any atom is 0.405 e. The number of hydrogen-bond acceptors (Lipinski definition) is 5. The highest BCUT2D eigenvalue weighted by atomic mass is 19.4. The van der Waals surface area contributed by atoms with E-state index in [1.165, 1.54) is 6.07 Å². The fraction of sp³-hybridized carbons (Fsp3) is 0.348. The number of ether oxygens (including phenoxy) is 1. The molecule has 0 radical (unpaired) electrons. The van der Waals surface area contributed by atoms with Gasteiger partial charge in [0.05, 0.1) is 23.7 Å². The van der Waals surface area contributed by atoms with Gasteiger partial charge >= 0.3 is 12.2 Å². The predicted molar refractivity (Wildman–Crippen MR) is 121 cm³/mol. The smallest absolute Gasteiger partial charge is 0.405 e. The van der Waals surface area contributed by atoms with Crippen LogP contribution in [-0.2, 0) is 0 Å². The Labute approximate surface area is 193 Å². The number of pyridine rings is 1. The van der Waals surface area contributed by atoms with Crippen LogP contribution in [0, 0.1) is 5.92 Å². The molecule has 0 spiro atoms. The number of aromatic nitrogens is 2. The number of oxime groups is 1. The summed E-state index contributed by atoms with van der Waals surface area (Å²) in [7, 11) is 0. The number of nitrogens with one attached hydrogen (secondary N) is 2. The Bertz CT molecular complexity index is 1230. The van der Waals surface area contributed by atoms with Crippen molar-refractivity contribution in [1.82, 2.24) is 14.7 Å². The fourth-order valence-corrected chi connectivity index (χ4v) is 3.60. The van der Waals surface area contributed by atoms with Gasteiger partial charge in [0, 0.05) is 35.0 Å². The summed E-state index contributed by atoms with van der Waals surface area (Å²) < 4.78 is 44.8. The van der Waals surface area contributed by atoms with E-state index in [4.69, 9.17) is 4.74 Å². The average molecular weight is 475 g/mol. The molecular weight excluding hydrogens is 451 g/mol. The van der Waals surface area contributed by atoms with Crippen LogP contribution in [-0.4, -0.2) is 45.2 Å². The Kier molecular flexibility index (Phi) is 6.36. The van der Waals surface area contributed by atoms with Crippen LogP contribution in [0.25, 0.3) is 16.9 Å². The molecule has 0 unspecified atom stereocenters. The largest absolute Gasteiger partial charge is 0.491 e. The van der Waals surface area contributed by atoms with Crippen LogP contribution in [0.4, 0.5) is 23.7 Å². The molecule has 1 aliphatic carbocycles. The molecule has 2 amide bonds. The van der Waals surface area contributed by atoms with Crippen molar-refractivity contribution in [1.29, 1.82) is 0 Å². The summed E-state index contributed by atoms with van der Waals surface area (Å²) in [4.78, 5) is 16.4. The molecule has 11 heteroatoms. The van der Waals surface area contributed by atoms with Gasteiger partial charge in [0.25, 0.3) is 0 Å². The quantitative estimate of drug-likeness (QED) is 0.253. The molecule has 0 bridgehead atoms. The maximum absolute atomic E-state index is 12.4. The lowest BCUT2D eigenvalue weighted by Crippen LogP contribution is -2.36. The molecule has 3 N–H and O–H groups in total. The van der Waals surface area contributed by atoms with Gasteiger partial charge in [0.2, 0.25) is 0 Å². The molecule has 3 aromatic rings. The molecule has 1 aliphatic rings. The monoisotopic (exact) mass is 475 g/mol. The summed E-state index contributed by atoms with van der Waals surface area (Å²) in [6.45, 7) is 2.24. The Hall–Kier alpha value is -3.76. The number of anilines is 1. The zero-order valence-corrected chi connectivity index (χ0v) is 18.6. The predicted octanol–water partition coefficient (Wildman–Crippen LogP) is 5.06. The van der Waals surface area contributed by atoms with Crippen molar-refractivity contribution in [3.63, 3.8) is 0 Å². The third-order valence-electron chi connectivity index (χ3n) is 5.16. The highest BCUT2D eigenvalue weighted by Gasteiger charge is 2.30. The first-order valence-electron chi connectivity index (χ1n) is 10.8. The number of hydrogen-bond donors (Lipinski definition) is 3. The number of fused-ring (bicyclic) bond motifs is 1. The minimum atomic E-state index is -4.51. The third kappa shape index (κ3) is 5.59. The maximum atomic E-state index is 12.4. The minimum absolute atomic E-state index is 0.162. The Morgan fingerprint density at radius 1 is 1.29 bits per heavy atom. The van der Waals surface area contributed by atoms with Crippen LogP contribution in [0.5, 0.6) is 5.75 Å². The van der Waals surface area contributed by atoms with Gasteiger partial charge in [-0.05, 0) is 51.0 Å². The number of urea groups is 1. The molecule has 0 aliphatic heterocycles. The molecule has 8 nitrogen and oxygen atoms in total. The van der Waals surface area contributed by atoms with Crippen LogP contribution in [0.2, 0.25) is 0 Å². The van der Waals surface area contributed by atoms with E-state index in [0.29, 0.717) is 28.4 Å². The zero-order chi connectivity index (χ0) is 24.5. The first-order valence-corrected chi connectivity index (χ1v) is 10.8. The molecule has 1 saturated carbocycles. The van der Waals surface area contributed by atoms with E-state index in [1.807, 2.05) is 30.4 Å². The number of rotatable bonds is 7. The standard InChI is InChI=1S/C23H24F3N5O3/c1-13(2)34-18-8-16(7-17(10-18)29-22(32)28-12-23(24,25)26)19-11-27-20-9-15(5-6-31(19)20)21(30-33)14-3-4-14/h5-11,13-14,33H,3-4,12H2,1-2H3,(H2,28,29,32). The van der Waals surface area contributed by atoms with Gasteiger partial charge in [-0.1, -0.05) is 5.16 Å². The number of carbonyl (C=O) groups is 1. The first-order chi connectivity index (χ1) is 16.1. The number of nitrogens with zero attached hydrogens (tertiary/aromatic N) is 3. The SMILES string of the molecule is CC(C)Oc1cc(NC(=O)NCC(F)(F)F)cc(-c2cnc3cc(C(=NO)C4CC4)ccn23)c1. The zero-order valence-electron chi connectivity index (χ0n) is 18.6. The molecule has 2 aromatic heterocycles. The summed E-state index contributed by atoms with van der Waals surface area (Å²) in [6, 6.07) is 7.61. The van der Waals surface area contributed by atoms with Crippen molar-refractivity contribution in [3.05, 3.63) is 48.3 Å². The first kappa shape index (κ1) is 23.4. The molecule has 2 heterocycles. The van der Waals surface area contributed by atoms with E-state index >= 15 is 0 Å². The Morgan fingerprint density at radius 3 is 2.71 bits per heavy atom.